The van der Waals surface area contributed by atoms with E-state index < -0.39 is 0 Å². The quantitative estimate of drug-likeness (QED) is 0.695. The molecule has 0 unspecified atom stereocenters. The summed E-state index contributed by atoms with van der Waals surface area (Å²) in [5.41, 5.74) is 1.92. The van der Waals surface area contributed by atoms with Crippen LogP contribution in [0.2, 0.25) is 10.0 Å². The number of rotatable bonds is 1. The molecular weight excluding hydrogens is 219 g/mol. The highest BCUT2D eigenvalue weighted by Gasteiger charge is 2.10. The van der Waals surface area contributed by atoms with Crippen molar-refractivity contribution < 1.29 is 4.42 Å². The monoisotopic (exact) mass is 226 g/mol. The van der Waals surface area contributed by atoms with Gasteiger partial charge >= 0.3 is 0 Å². The maximum atomic E-state index is 6.08. The molecule has 0 aliphatic carbocycles. The summed E-state index contributed by atoms with van der Waals surface area (Å²) in [5.74, 6) is 0.768. The van der Waals surface area contributed by atoms with Crippen molar-refractivity contribution in [1.29, 1.82) is 0 Å². The van der Waals surface area contributed by atoms with E-state index in [1.165, 1.54) is 0 Å². The van der Waals surface area contributed by atoms with Crippen LogP contribution in [0, 0.1) is 6.92 Å². The Balaban J connectivity index is 2.64. The number of furan rings is 1. The molecule has 0 saturated heterocycles. The zero-order chi connectivity index (χ0) is 10.1. The number of hydrogen-bond donors (Lipinski definition) is 0. The van der Waals surface area contributed by atoms with Gasteiger partial charge in [-0.15, -0.1) is 0 Å². The fourth-order valence-corrected chi connectivity index (χ4v) is 2.12. The first-order chi connectivity index (χ1) is 6.68. The van der Waals surface area contributed by atoms with E-state index in [1.54, 1.807) is 12.3 Å². The summed E-state index contributed by atoms with van der Waals surface area (Å²) >= 11 is 12.0. The van der Waals surface area contributed by atoms with Crippen LogP contribution in [0.5, 0.6) is 0 Å². The molecule has 0 spiro atoms. The van der Waals surface area contributed by atoms with Crippen molar-refractivity contribution in [3.8, 4) is 11.3 Å². The van der Waals surface area contributed by atoms with Gasteiger partial charge in [-0.3, -0.25) is 0 Å². The number of halogens is 2. The second-order valence-corrected chi connectivity index (χ2v) is 3.90. The van der Waals surface area contributed by atoms with Gasteiger partial charge in [0.2, 0.25) is 0 Å². The van der Waals surface area contributed by atoms with Crippen LogP contribution in [0.1, 0.15) is 5.56 Å². The lowest BCUT2D eigenvalue weighted by atomic mass is 10.1. The lowest BCUT2D eigenvalue weighted by Gasteiger charge is -2.05. The highest BCUT2D eigenvalue weighted by molar-refractivity contribution is 6.36. The van der Waals surface area contributed by atoms with Crippen molar-refractivity contribution in [2.75, 3.05) is 0 Å². The molecule has 3 heteroatoms. The minimum atomic E-state index is 0.616. The smallest absolute Gasteiger partial charge is 0.135 e. The maximum absolute atomic E-state index is 6.08. The average Bonchev–Trinajstić information content (AvgIpc) is 2.54. The molecular formula is C11H8Cl2O. The average molecular weight is 227 g/mol. The van der Waals surface area contributed by atoms with Crippen molar-refractivity contribution in [2.45, 2.75) is 6.92 Å². The first kappa shape index (κ1) is 9.63. The number of aryl methyl sites for hydroxylation is 1. The van der Waals surface area contributed by atoms with E-state index in [0.29, 0.717) is 10.0 Å². The first-order valence-electron chi connectivity index (χ1n) is 4.18. The Morgan fingerprint density at radius 2 is 2.00 bits per heavy atom. The van der Waals surface area contributed by atoms with Crippen molar-refractivity contribution in [1.82, 2.24) is 0 Å². The van der Waals surface area contributed by atoms with E-state index in [2.05, 4.69) is 0 Å². The molecule has 0 aliphatic rings. The zero-order valence-corrected chi connectivity index (χ0v) is 9.06. The SMILES string of the molecule is Cc1cc(Cl)cc(Cl)c1-c1ccco1. The van der Waals surface area contributed by atoms with E-state index in [4.69, 9.17) is 27.6 Å². The molecule has 0 atom stereocenters. The molecule has 0 saturated carbocycles. The fraction of sp³-hybridized carbons (Fsp3) is 0.0909. The van der Waals surface area contributed by atoms with Crippen LogP contribution in [0.4, 0.5) is 0 Å². The molecule has 1 aromatic carbocycles. The van der Waals surface area contributed by atoms with Gasteiger partial charge in [0.1, 0.15) is 5.76 Å². The summed E-state index contributed by atoms with van der Waals surface area (Å²) in [6.45, 7) is 1.95. The second kappa shape index (κ2) is 3.68. The third kappa shape index (κ3) is 1.66. The van der Waals surface area contributed by atoms with Gasteiger partial charge in [0, 0.05) is 10.6 Å². The molecule has 1 heterocycles. The first-order valence-corrected chi connectivity index (χ1v) is 4.93. The summed E-state index contributed by atoms with van der Waals surface area (Å²) in [7, 11) is 0. The summed E-state index contributed by atoms with van der Waals surface area (Å²) in [6, 6.07) is 7.29. The number of benzene rings is 1. The van der Waals surface area contributed by atoms with Crippen LogP contribution in [-0.4, -0.2) is 0 Å². The van der Waals surface area contributed by atoms with E-state index in [1.807, 2.05) is 25.1 Å². The van der Waals surface area contributed by atoms with Crippen LogP contribution in [0.15, 0.2) is 34.9 Å². The molecule has 2 aromatic rings. The van der Waals surface area contributed by atoms with E-state index in [9.17, 15) is 0 Å². The molecule has 0 radical (unpaired) electrons. The molecule has 0 aliphatic heterocycles. The van der Waals surface area contributed by atoms with Gasteiger partial charge in [0.05, 0.1) is 11.3 Å². The van der Waals surface area contributed by atoms with Crippen LogP contribution >= 0.6 is 23.2 Å². The van der Waals surface area contributed by atoms with E-state index in [0.717, 1.165) is 16.9 Å². The van der Waals surface area contributed by atoms with Crippen LogP contribution in [0.3, 0.4) is 0 Å². The molecule has 0 fully saturated rings. The molecule has 1 nitrogen and oxygen atoms in total. The highest BCUT2D eigenvalue weighted by atomic mass is 35.5. The lowest BCUT2D eigenvalue weighted by molar-refractivity contribution is 0.582. The van der Waals surface area contributed by atoms with E-state index >= 15 is 0 Å². The van der Waals surface area contributed by atoms with Crippen LogP contribution in [-0.2, 0) is 0 Å². The van der Waals surface area contributed by atoms with Gasteiger partial charge in [-0.05, 0) is 36.8 Å². The lowest BCUT2D eigenvalue weighted by Crippen LogP contribution is -1.83. The minimum absolute atomic E-state index is 0.616. The van der Waals surface area contributed by atoms with Crippen molar-refractivity contribution in [3.63, 3.8) is 0 Å². The summed E-state index contributed by atoms with van der Waals surface area (Å²) < 4.78 is 5.29. The predicted octanol–water partition coefficient (Wildman–Crippen LogP) is 4.56. The molecule has 0 N–H and O–H groups in total. The summed E-state index contributed by atoms with van der Waals surface area (Å²) in [4.78, 5) is 0. The van der Waals surface area contributed by atoms with Gasteiger partial charge in [-0.25, -0.2) is 0 Å². The standard InChI is InChI=1S/C11H8Cl2O/c1-7-5-8(12)6-9(13)11(7)10-3-2-4-14-10/h2-6H,1H3. The fourth-order valence-electron chi connectivity index (χ4n) is 1.44. The summed E-state index contributed by atoms with van der Waals surface area (Å²) in [5, 5.41) is 1.26. The van der Waals surface area contributed by atoms with Crippen molar-refractivity contribution in [3.05, 3.63) is 46.1 Å². The molecule has 0 bridgehead atoms. The summed E-state index contributed by atoms with van der Waals surface area (Å²) in [6.07, 6.45) is 1.62. The Morgan fingerprint density at radius 1 is 1.21 bits per heavy atom. The Hall–Kier alpha value is -0.920. The molecule has 14 heavy (non-hydrogen) atoms. The normalized spacial score (nSPS) is 10.5. The van der Waals surface area contributed by atoms with Gasteiger partial charge in [0.15, 0.2) is 0 Å². The van der Waals surface area contributed by atoms with Crippen molar-refractivity contribution >= 4 is 23.2 Å². The minimum Gasteiger partial charge on any atom is -0.464 e. The predicted molar refractivity (Wildman–Crippen MR) is 58.9 cm³/mol. The van der Waals surface area contributed by atoms with E-state index in [-0.39, 0.29) is 0 Å². The molecule has 72 valence electrons. The Kier molecular flexibility index (Phi) is 2.53. The van der Waals surface area contributed by atoms with Gasteiger partial charge < -0.3 is 4.42 Å². The molecule has 1 aromatic heterocycles. The van der Waals surface area contributed by atoms with Gasteiger partial charge in [-0.2, -0.15) is 0 Å². The topological polar surface area (TPSA) is 13.1 Å². The Bertz CT molecular complexity index is 423. The zero-order valence-electron chi connectivity index (χ0n) is 7.55. The third-order valence-corrected chi connectivity index (χ3v) is 2.54. The Morgan fingerprint density at radius 3 is 2.57 bits per heavy atom. The van der Waals surface area contributed by atoms with Crippen molar-refractivity contribution in [2.24, 2.45) is 0 Å². The highest BCUT2D eigenvalue weighted by Crippen LogP contribution is 2.33. The number of hydrogen-bond acceptors (Lipinski definition) is 1. The van der Waals surface area contributed by atoms with Gasteiger partial charge in [-0.1, -0.05) is 23.2 Å². The van der Waals surface area contributed by atoms with Crippen LogP contribution < -0.4 is 0 Å². The maximum Gasteiger partial charge on any atom is 0.135 e. The van der Waals surface area contributed by atoms with Gasteiger partial charge in [0.25, 0.3) is 0 Å². The molecule has 2 rings (SSSR count). The third-order valence-electron chi connectivity index (χ3n) is 2.02. The largest absolute Gasteiger partial charge is 0.464 e. The molecule has 0 amide bonds. The Labute approximate surface area is 92.3 Å². The van der Waals surface area contributed by atoms with Crippen LogP contribution in [0.25, 0.3) is 11.3 Å². The second-order valence-electron chi connectivity index (χ2n) is 3.06.